The summed E-state index contributed by atoms with van der Waals surface area (Å²) in [5, 5.41) is 0. The van der Waals surface area contributed by atoms with Crippen molar-refractivity contribution >= 4 is 15.9 Å². The number of methoxy groups -OCH3 is 1. The van der Waals surface area contributed by atoms with Crippen LogP contribution in [0.1, 0.15) is 36.0 Å². The van der Waals surface area contributed by atoms with Crippen molar-refractivity contribution in [3.8, 4) is 5.75 Å². The van der Waals surface area contributed by atoms with E-state index in [0.717, 1.165) is 22.2 Å². The molecule has 0 aromatic heterocycles. The molecule has 2 rings (SSSR count). The molecule has 0 atom stereocenters. The molecule has 88 valence electrons. The van der Waals surface area contributed by atoms with Gasteiger partial charge in [0.05, 0.1) is 11.6 Å². The van der Waals surface area contributed by atoms with E-state index in [1.165, 1.54) is 36.8 Å². The second-order valence-corrected chi connectivity index (χ2v) is 5.08. The van der Waals surface area contributed by atoms with Gasteiger partial charge >= 0.3 is 0 Å². The lowest BCUT2D eigenvalue weighted by molar-refractivity contribution is 0.406. The molecule has 16 heavy (non-hydrogen) atoms. The van der Waals surface area contributed by atoms with Gasteiger partial charge in [-0.25, -0.2) is 0 Å². The molecular weight excluding hydrogens is 266 g/mol. The maximum Gasteiger partial charge on any atom is 0.137 e. The summed E-state index contributed by atoms with van der Waals surface area (Å²) in [6.45, 7) is 0.537. The lowest BCUT2D eigenvalue weighted by Gasteiger charge is -2.16. The monoisotopic (exact) mass is 283 g/mol. The Kier molecular flexibility index (Phi) is 3.87. The van der Waals surface area contributed by atoms with Gasteiger partial charge in [-0.1, -0.05) is 12.5 Å². The van der Waals surface area contributed by atoms with Crippen LogP contribution in [0.2, 0.25) is 0 Å². The van der Waals surface area contributed by atoms with Crippen molar-refractivity contribution in [3.63, 3.8) is 0 Å². The molecule has 0 aliphatic heterocycles. The molecule has 0 spiro atoms. The summed E-state index contributed by atoms with van der Waals surface area (Å²) in [6, 6.07) is 2.23. The molecule has 0 saturated carbocycles. The third-order valence-electron chi connectivity index (χ3n) is 3.29. The van der Waals surface area contributed by atoms with Gasteiger partial charge in [0.1, 0.15) is 5.75 Å². The topological polar surface area (TPSA) is 35.2 Å². The third-order valence-corrected chi connectivity index (χ3v) is 4.13. The lowest BCUT2D eigenvalue weighted by atomic mass is 9.99. The Morgan fingerprint density at radius 3 is 2.75 bits per heavy atom. The molecule has 0 heterocycles. The zero-order valence-corrected chi connectivity index (χ0v) is 11.3. The van der Waals surface area contributed by atoms with E-state index in [1.54, 1.807) is 7.11 Å². The maximum atomic E-state index is 5.77. The van der Waals surface area contributed by atoms with Crippen LogP contribution in [0.15, 0.2) is 10.5 Å². The highest BCUT2D eigenvalue weighted by molar-refractivity contribution is 9.10. The van der Waals surface area contributed by atoms with Gasteiger partial charge in [0.15, 0.2) is 0 Å². The number of nitrogens with two attached hydrogens (primary N) is 1. The number of aryl methyl sites for hydroxylation is 1. The number of benzene rings is 1. The van der Waals surface area contributed by atoms with E-state index >= 15 is 0 Å². The van der Waals surface area contributed by atoms with Crippen molar-refractivity contribution in [2.24, 2.45) is 5.73 Å². The molecule has 3 heteroatoms. The van der Waals surface area contributed by atoms with Crippen LogP contribution in [0, 0.1) is 0 Å². The van der Waals surface area contributed by atoms with E-state index in [0.29, 0.717) is 6.54 Å². The standard InChI is InChI=1S/C13H18BrNO/c1-16-13-10(8-15)7-9-5-3-2-4-6-11(9)12(13)14/h7H,2-6,8,15H2,1H3. The van der Waals surface area contributed by atoms with E-state index in [1.807, 2.05) is 0 Å². The molecule has 2 N–H and O–H groups in total. The summed E-state index contributed by atoms with van der Waals surface area (Å²) in [6.07, 6.45) is 6.20. The molecule has 0 bridgehead atoms. The van der Waals surface area contributed by atoms with Crippen molar-refractivity contribution in [1.82, 2.24) is 0 Å². The molecule has 0 saturated heterocycles. The van der Waals surface area contributed by atoms with E-state index < -0.39 is 0 Å². The van der Waals surface area contributed by atoms with Crippen molar-refractivity contribution in [2.75, 3.05) is 7.11 Å². The molecule has 2 nitrogen and oxygen atoms in total. The number of hydrogen-bond donors (Lipinski definition) is 1. The summed E-state index contributed by atoms with van der Waals surface area (Å²) in [5.74, 6) is 0.920. The molecule has 1 aromatic rings. The second-order valence-electron chi connectivity index (χ2n) is 4.29. The Bertz CT molecular complexity index is 390. The minimum Gasteiger partial charge on any atom is -0.495 e. The molecule has 0 unspecified atom stereocenters. The first-order valence-electron chi connectivity index (χ1n) is 5.85. The van der Waals surface area contributed by atoms with Crippen molar-refractivity contribution in [2.45, 2.75) is 38.6 Å². The molecule has 0 amide bonds. The molecule has 1 aliphatic carbocycles. The predicted molar refractivity (Wildman–Crippen MR) is 69.8 cm³/mol. The zero-order chi connectivity index (χ0) is 11.5. The maximum absolute atomic E-state index is 5.77. The lowest BCUT2D eigenvalue weighted by Crippen LogP contribution is -2.05. The molecule has 0 radical (unpaired) electrons. The van der Waals surface area contributed by atoms with Crippen LogP contribution in [0.3, 0.4) is 0 Å². The summed E-state index contributed by atoms with van der Waals surface area (Å²) >= 11 is 3.67. The summed E-state index contributed by atoms with van der Waals surface area (Å²) in [4.78, 5) is 0. The quantitative estimate of drug-likeness (QED) is 0.846. The number of rotatable bonds is 2. The highest BCUT2D eigenvalue weighted by Gasteiger charge is 2.17. The number of halogens is 1. The fourth-order valence-corrected chi connectivity index (χ4v) is 3.31. The van der Waals surface area contributed by atoms with Crippen LogP contribution in [-0.4, -0.2) is 7.11 Å². The fraction of sp³-hybridized carbons (Fsp3) is 0.538. The predicted octanol–water partition coefficient (Wildman–Crippen LogP) is 3.19. The minimum absolute atomic E-state index is 0.537. The van der Waals surface area contributed by atoms with Crippen LogP contribution in [0.5, 0.6) is 5.75 Å². The van der Waals surface area contributed by atoms with Crippen molar-refractivity contribution in [1.29, 1.82) is 0 Å². The normalized spacial score (nSPS) is 15.4. The smallest absolute Gasteiger partial charge is 0.137 e. The first-order chi connectivity index (χ1) is 7.77. The summed E-state index contributed by atoms with van der Waals surface area (Å²) in [5.41, 5.74) is 9.75. The molecular formula is C13H18BrNO. The average Bonchev–Trinajstić information content (AvgIpc) is 2.54. The van der Waals surface area contributed by atoms with Gasteiger partial charge in [-0.3, -0.25) is 0 Å². The third kappa shape index (κ3) is 2.11. The number of ether oxygens (including phenoxy) is 1. The van der Waals surface area contributed by atoms with Crippen LogP contribution in [0.25, 0.3) is 0 Å². The van der Waals surface area contributed by atoms with Gasteiger partial charge in [-0.05, 0) is 52.7 Å². The van der Waals surface area contributed by atoms with Gasteiger partial charge in [-0.15, -0.1) is 0 Å². The van der Waals surface area contributed by atoms with Crippen molar-refractivity contribution in [3.05, 3.63) is 27.2 Å². The van der Waals surface area contributed by atoms with Gasteiger partial charge in [0, 0.05) is 12.1 Å². The van der Waals surface area contributed by atoms with E-state index in [2.05, 4.69) is 22.0 Å². The first-order valence-corrected chi connectivity index (χ1v) is 6.64. The first kappa shape index (κ1) is 11.9. The Morgan fingerprint density at radius 2 is 2.06 bits per heavy atom. The second kappa shape index (κ2) is 5.19. The largest absolute Gasteiger partial charge is 0.495 e. The van der Waals surface area contributed by atoms with Crippen LogP contribution in [-0.2, 0) is 19.4 Å². The average molecular weight is 284 g/mol. The van der Waals surface area contributed by atoms with Crippen LogP contribution < -0.4 is 10.5 Å². The Hall–Kier alpha value is -0.540. The number of fused-ring (bicyclic) bond motifs is 1. The zero-order valence-electron chi connectivity index (χ0n) is 9.68. The highest BCUT2D eigenvalue weighted by atomic mass is 79.9. The highest BCUT2D eigenvalue weighted by Crippen LogP contribution is 2.37. The van der Waals surface area contributed by atoms with Crippen LogP contribution >= 0.6 is 15.9 Å². The van der Waals surface area contributed by atoms with Crippen LogP contribution in [0.4, 0.5) is 0 Å². The Balaban J connectivity index is 2.54. The van der Waals surface area contributed by atoms with Crippen molar-refractivity contribution < 1.29 is 4.74 Å². The van der Waals surface area contributed by atoms with Gasteiger partial charge < -0.3 is 10.5 Å². The SMILES string of the molecule is COc1c(CN)cc2c(c1Br)CCCCC2. The van der Waals surface area contributed by atoms with Gasteiger partial charge in [0.25, 0.3) is 0 Å². The summed E-state index contributed by atoms with van der Waals surface area (Å²) < 4.78 is 6.57. The summed E-state index contributed by atoms with van der Waals surface area (Å²) in [7, 11) is 1.71. The fourth-order valence-electron chi connectivity index (χ4n) is 2.44. The molecule has 1 aromatic carbocycles. The Morgan fingerprint density at radius 1 is 1.31 bits per heavy atom. The van der Waals surface area contributed by atoms with E-state index in [-0.39, 0.29) is 0 Å². The number of hydrogen-bond acceptors (Lipinski definition) is 2. The van der Waals surface area contributed by atoms with E-state index in [9.17, 15) is 0 Å². The molecule has 0 fully saturated rings. The van der Waals surface area contributed by atoms with E-state index in [4.69, 9.17) is 10.5 Å². The van der Waals surface area contributed by atoms with Gasteiger partial charge in [0.2, 0.25) is 0 Å². The molecule has 1 aliphatic rings. The minimum atomic E-state index is 0.537. The van der Waals surface area contributed by atoms with Gasteiger partial charge in [-0.2, -0.15) is 0 Å². The Labute approximate surface area is 105 Å².